The number of pyridine rings is 1. The Hall–Kier alpha value is -2.51. The van der Waals surface area contributed by atoms with Gasteiger partial charge in [-0.15, -0.1) is 0 Å². The molecule has 2 saturated heterocycles. The predicted molar refractivity (Wildman–Crippen MR) is 120 cm³/mol. The highest BCUT2D eigenvalue weighted by Gasteiger charge is 2.29. The Bertz CT molecular complexity index is 896. The van der Waals surface area contributed by atoms with Crippen molar-refractivity contribution >= 4 is 5.91 Å². The zero-order chi connectivity index (χ0) is 22.3. The fraction of sp³-hybridized carbons (Fsp3) is 0.520. The lowest BCUT2D eigenvalue weighted by Crippen LogP contribution is -2.43. The van der Waals surface area contributed by atoms with Gasteiger partial charge in [-0.3, -0.25) is 9.69 Å². The molecule has 2 aliphatic heterocycles. The SMILES string of the molecule is COc1ncccc1C(=O)N(CC1CCN(Cc2ccccc2F)CC1)CC1CCCO1. The van der Waals surface area contributed by atoms with Crippen molar-refractivity contribution in [1.82, 2.24) is 14.8 Å². The van der Waals surface area contributed by atoms with E-state index in [4.69, 9.17) is 9.47 Å². The largest absolute Gasteiger partial charge is 0.480 e. The Labute approximate surface area is 189 Å². The van der Waals surface area contributed by atoms with Crippen LogP contribution in [0.4, 0.5) is 4.39 Å². The van der Waals surface area contributed by atoms with Crippen molar-refractivity contribution in [2.24, 2.45) is 5.92 Å². The van der Waals surface area contributed by atoms with Gasteiger partial charge in [0, 0.05) is 38.0 Å². The summed E-state index contributed by atoms with van der Waals surface area (Å²) in [5, 5.41) is 0. The molecule has 0 aliphatic carbocycles. The van der Waals surface area contributed by atoms with Crippen LogP contribution in [-0.4, -0.2) is 66.7 Å². The average Bonchev–Trinajstić information content (AvgIpc) is 3.34. The highest BCUT2D eigenvalue weighted by molar-refractivity contribution is 5.96. The molecule has 1 atom stereocenters. The third-order valence-electron chi connectivity index (χ3n) is 6.47. The first-order valence-corrected chi connectivity index (χ1v) is 11.5. The molecule has 1 aromatic carbocycles. The number of aromatic nitrogens is 1. The number of piperidine rings is 1. The third kappa shape index (κ3) is 5.64. The van der Waals surface area contributed by atoms with Gasteiger partial charge in [0.1, 0.15) is 11.4 Å². The Kier molecular flexibility index (Phi) is 7.71. The van der Waals surface area contributed by atoms with Gasteiger partial charge in [0.05, 0.1) is 13.2 Å². The number of rotatable bonds is 8. The van der Waals surface area contributed by atoms with E-state index in [1.807, 2.05) is 17.0 Å². The lowest BCUT2D eigenvalue weighted by molar-refractivity contribution is 0.0441. The summed E-state index contributed by atoms with van der Waals surface area (Å²) < 4.78 is 25.2. The summed E-state index contributed by atoms with van der Waals surface area (Å²) >= 11 is 0. The number of methoxy groups -OCH3 is 1. The standard InChI is InChI=1S/C25H32FN3O3/c1-31-24-22(8-4-12-27-24)25(30)29(18-21-7-5-15-32-21)16-19-10-13-28(14-11-19)17-20-6-2-3-9-23(20)26/h2-4,6,8-9,12,19,21H,5,7,10-11,13-18H2,1H3. The number of likely N-dealkylation sites (tertiary alicyclic amines) is 1. The molecule has 32 heavy (non-hydrogen) atoms. The van der Waals surface area contributed by atoms with Crippen LogP contribution in [0.25, 0.3) is 0 Å². The zero-order valence-electron chi connectivity index (χ0n) is 18.7. The minimum atomic E-state index is -0.145. The maximum atomic E-state index is 14.0. The van der Waals surface area contributed by atoms with E-state index in [1.54, 1.807) is 24.4 Å². The summed E-state index contributed by atoms with van der Waals surface area (Å²) in [6.45, 7) is 4.47. The number of hydrogen-bond donors (Lipinski definition) is 0. The number of amides is 1. The van der Waals surface area contributed by atoms with Crippen molar-refractivity contribution in [1.29, 1.82) is 0 Å². The molecular weight excluding hydrogens is 409 g/mol. The highest BCUT2D eigenvalue weighted by atomic mass is 19.1. The van der Waals surface area contributed by atoms with E-state index in [0.29, 0.717) is 37.0 Å². The van der Waals surface area contributed by atoms with Crippen molar-refractivity contribution in [3.63, 3.8) is 0 Å². The molecule has 6 nitrogen and oxygen atoms in total. The van der Waals surface area contributed by atoms with Crippen molar-refractivity contribution in [2.75, 3.05) is 39.9 Å². The number of carbonyl (C=O) groups excluding carboxylic acids is 1. The molecule has 0 bridgehead atoms. The van der Waals surface area contributed by atoms with Crippen LogP contribution in [0, 0.1) is 11.7 Å². The fourth-order valence-corrected chi connectivity index (χ4v) is 4.67. The lowest BCUT2D eigenvalue weighted by atomic mass is 9.95. The molecule has 3 heterocycles. The van der Waals surface area contributed by atoms with Gasteiger partial charge in [-0.05, 0) is 62.9 Å². The Morgan fingerprint density at radius 3 is 2.72 bits per heavy atom. The van der Waals surface area contributed by atoms with E-state index in [1.165, 1.54) is 13.2 Å². The number of hydrogen-bond acceptors (Lipinski definition) is 5. The summed E-state index contributed by atoms with van der Waals surface area (Å²) in [5.74, 6) is 0.557. The second-order valence-corrected chi connectivity index (χ2v) is 8.72. The van der Waals surface area contributed by atoms with Crippen molar-refractivity contribution in [3.05, 3.63) is 59.5 Å². The zero-order valence-corrected chi connectivity index (χ0v) is 18.7. The first kappa shape index (κ1) is 22.7. The van der Waals surface area contributed by atoms with Crippen LogP contribution in [-0.2, 0) is 11.3 Å². The van der Waals surface area contributed by atoms with Crippen molar-refractivity contribution in [3.8, 4) is 5.88 Å². The number of ether oxygens (including phenoxy) is 2. The van der Waals surface area contributed by atoms with E-state index in [-0.39, 0.29) is 17.8 Å². The van der Waals surface area contributed by atoms with E-state index in [9.17, 15) is 9.18 Å². The van der Waals surface area contributed by atoms with Gasteiger partial charge in [-0.2, -0.15) is 0 Å². The highest BCUT2D eigenvalue weighted by Crippen LogP contribution is 2.25. The molecule has 1 unspecified atom stereocenters. The first-order valence-electron chi connectivity index (χ1n) is 11.5. The molecule has 2 aliphatic rings. The Morgan fingerprint density at radius 2 is 2.00 bits per heavy atom. The van der Waals surface area contributed by atoms with Gasteiger partial charge >= 0.3 is 0 Å². The minimum absolute atomic E-state index is 0.0563. The number of halogens is 1. The second kappa shape index (κ2) is 10.9. The maximum Gasteiger partial charge on any atom is 0.259 e. The number of carbonyl (C=O) groups is 1. The monoisotopic (exact) mass is 441 g/mol. The second-order valence-electron chi connectivity index (χ2n) is 8.72. The molecular formula is C25H32FN3O3. The third-order valence-corrected chi connectivity index (χ3v) is 6.47. The lowest BCUT2D eigenvalue weighted by Gasteiger charge is -2.35. The number of benzene rings is 1. The molecule has 7 heteroatoms. The molecule has 0 N–H and O–H groups in total. The predicted octanol–water partition coefficient (Wildman–Crippen LogP) is 3.76. The van der Waals surface area contributed by atoms with Crippen LogP contribution in [0.5, 0.6) is 5.88 Å². The summed E-state index contributed by atoms with van der Waals surface area (Å²) in [7, 11) is 1.54. The quantitative estimate of drug-likeness (QED) is 0.624. The Balaban J connectivity index is 1.39. The van der Waals surface area contributed by atoms with Crippen molar-refractivity contribution < 1.29 is 18.7 Å². The molecule has 2 fully saturated rings. The van der Waals surface area contributed by atoms with Crippen LogP contribution in [0.15, 0.2) is 42.6 Å². The molecule has 4 rings (SSSR count). The molecule has 1 amide bonds. The van der Waals surface area contributed by atoms with E-state index < -0.39 is 0 Å². The van der Waals surface area contributed by atoms with E-state index in [0.717, 1.165) is 50.9 Å². The van der Waals surface area contributed by atoms with E-state index >= 15 is 0 Å². The van der Waals surface area contributed by atoms with Crippen LogP contribution >= 0.6 is 0 Å². The molecule has 1 aromatic heterocycles. The topological polar surface area (TPSA) is 54.9 Å². The molecule has 0 spiro atoms. The molecule has 172 valence electrons. The fourth-order valence-electron chi connectivity index (χ4n) is 4.67. The van der Waals surface area contributed by atoms with E-state index in [2.05, 4.69) is 9.88 Å². The van der Waals surface area contributed by atoms with Crippen molar-refractivity contribution in [2.45, 2.75) is 38.3 Å². The van der Waals surface area contributed by atoms with Gasteiger partial charge in [0.25, 0.3) is 5.91 Å². The van der Waals surface area contributed by atoms with Gasteiger partial charge in [-0.25, -0.2) is 9.37 Å². The average molecular weight is 442 g/mol. The maximum absolute atomic E-state index is 14.0. The molecule has 0 radical (unpaired) electrons. The normalized spacial score (nSPS) is 19.8. The minimum Gasteiger partial charge on any atom is -0.480 e. The van der Waals surface area contributed by atoms with Gasteiger partial charge in [0.15, 0.2) is 0 Å². The van der Waals surface area contributed by atoms with Gasteiger partial charge in [-0.1, -0.05) is 18.2 Å². The summed E-state index contributed by atoms with van der Waals surface area (Å²) in [6, 6.07) is 10.5. The number of nitrogens with zero attached hydrogens (tertiary/aromatic N) is 3. The van der Waals surface area contributed by atoms with Gasteiger partial charge < -0.3 is 14.4 Å². The van der Waals surface area contributed by atoms with Gasteiger partial charge in [0.2, 0.25) is 5.88 Å². The first-order chi connectivity index (χ1) is 15.6. The van der Waals surface area contributed by atoms with Crippen LogP contribution in [0.3, 0.4) is 0 Å². The summed E-state index contributed by atoms with van der Waals surface area (Å²) in [4.78, 5) is 21.8. The van der Waals surface area contributed by atoms with Crippen LogP contribution < -0.4 is 4.74 Å². The van der Waals surface area contributed by atoms with Crippen LogP contribution in [0.1, 0.15) is 41.6 Å². The summed E-state index contributed by atoms with van der Waals surface area (Å²) in [5.41, 5.74) is 1.23. The molecule has 0 saturated carbocycles. The smallest absolute Gasteiger partial charge is 0.259 e. The summed E-state index contributed by atoms with van der Waals surface area (Å²) in [6.07, 6.45) is 5.70. The van der Waals surface area contributed by atoms with Crippen LogP contribution in [0.2, 0.25) is 0 Å². The molecule has 2 aromatic rings. The Morgan fingerprint density at radius 1 is 1.19 bits per heavy atom.